The van der Waals surface area contributed by atoms with Gasteiger partial charge in [-0.25, -0.2) is 0 Å². The van der Waals surface area contributed by atoms with Crippen molar-refractivity contribution in [3.63, 3.8) is 0 Å². The molecule has 1 unspecified atom stereocenters. The fraction of sp³-hybridized carbons (Fsp3) is 0.625. The van der Waals surface area contributed by atoms with E-state index in [1.807, 2.05) is 13.0 Å². The molecule has 172 valence electrons. The summed E-state index contributed by atoms with van der Waals surface area (Å²) in [6, 6.07) is 0. The Hall–Kier alpha value is -1.30. The number of hydrogen-bond acceptors (Lipinski definition) is 4. The predicted octanol–water partition coefficient (Wildman–Crippen LogP) is 4.02. The minimum Gasteiger partial charge on any atom is -0.393 e. The lowest BCUT2D eigenvalue weighted by Crippen LogP contribution is -2.35. The van der Waals surface area contributed by atoms with E-state index in [-0.39, 0.29) is 11.3 Å². The zero-order valence-electron chi connectivity index (χ0n) is 18.4. The molecule has 0 saturated heterocycles. The lowest BCUT2D eigenvalue weighted by atomic mass is 9.61. The van der Waals surface area contributed by atoms with E-state index in [4.69, 9.17) is 9.79 Å². The van der Waals surface area contributed by atoms with E-state index in [9.17, 15) is 19.6 Å². The van der Waals surface area contributed by atoms with Gasteiger partial charge in [0.2, 0.25) is 0 Å². The third-order valence-electron chi connectivity index (χ3n) is 7.77. The Kier molecular flexibility index (Phi) is 7.29. The van der Waals surface area contributed by atoms with Crippen LogP contribution in [0.2, 0.25) is 0 Å². The molecule has 0 bridgehead atoms. The maximum absolute atomic E-state index is 11.6. The van der Waals surface area contributed by atoms with E-state index in [1.54, 1.807) is 6.08 Å². The minimum absolute atomic E-state index is 0.0478. The number of carbonyl (C=O) groups is 1. The quantitative estimate of drug-likeness (QED) is 0.371. The first-order valence-electron chi connectivity index (χ1n) is 11.2. The molecule has 3 saturated carbocycles. The summed E-state index contributed by atoms with van der Waals surface area (Å²) in [7, 11) is -4.72. The molecule has 0 aromatic heterocycles. The summed E-state index contributed by atoms with van der Waals surface area (Å²) in [5, 5.41) is 20.1. The molecule has 3 aliphatic rings. The lowest BCUT2D eigenvalue weighted by Gasteiger charge is -2.44. The summed E-state index contributed by atoms with van der Waals surface area (Å²) in [5.41, 5.74) is 1.92. The Morgan fingerprint density at radius 3 is 2.65 bits per heavy atom. The SMILES string of the molecule is C=C1C(=CC=C2CCC[C@@]3(C)C2CC[C@@H]3[C@H](C)C=CC(=O)P(=O)(O)O)C[C@@H](O)C[C@@H]1O. The standard InChI is InChI=1S/C24H35O6P/c1-15(6-11-23(27)31(28,29)30)20-9-10-21-17(5-4-12-24(20,21)3)7-8-18-13-19(25)14-22(26)16(18)2/h6-8,11,15,19-22,25-26H,2,4-5,9-10,12-14H2,1,3H3,(H2,28,29,30)/t15-,19-,20-,21?,22+,24-/m1/s1. The molecule has 0 aromatic carbocycles. The molecule has 7 heteroatoms. The first kappa shape index (κ1) is 24.3. The summed E-state index contributed by atoms with van der Waals surface area (Å²) in [6.07, 6.45) is 11.8. The van der Waals surface area contributed by atoms with Crippen molar-refractivity contribution in [3.8, 4) is 0 Å². The second-order valence-corrected chi connectivity index (χ2v) is 11.3. The van der Waals surface area contributed by atoms with E-state index in [0.29, 0.717) is 30.3 Å². The molecule has 0 spiro atoms. The van der Waals surface area contributed by atoms with Crippen LogP contribution in [0, 0.1) is 23.2 Å². The molecule has 0 amide bonds. The fourth-order valence-corrected chi connectivity index (χ4v) is 6.35. The van der Waals surface area contributed by atoms with Gasteiger partial charge in [0.1, 0.15) is 0 Å². The van der Waals surface area contributed by atoms with Crippen LogP contribution in [0.5, 0.6) is 0 Å². The highest BCUT2D eigenvalue weighted by Gasteiger charge is 2.50. The van der Waals surface area contributed by atoms with Gasteiger partial charge in [0.25, 0.3) is 5.52 Å². The molecular formula is C24H35O6P. The van der Waals surface area contributed by atoms with E-state index < -0.39 is 25.3 Å². The molecule has 0 heterocycles. The highest BCUT2D eigenvalue weighted by molar-refractivity contribution is 7.70. The smallest absolute Gasteiger partial charge is 0.393 e. The third kappa shape index (κ3) is 5.20. The highest BCUT2D eigenvalue weighted by atomic mass is 31.2. The van der Waals surface area contributed by atoms with Gasteiger partial charge in [-0.2, -0.15) is 0 Å². The molecule has 4 N–H and O–H groups in total. The van der Waals surface area contributed by atoms with Crippen LogP contribution in [0.15, 0.2) is 47.6 Å². The van der Waals surface area contributed by atoms with Gasteiger partial charge in [-0.05, 0) is 78.9 Å². The van der Waals surface area contributed by atoms with Crippen LogP contribution < -0.4 is 0 Å². The zero-order chi connectivity index (χ0) is 23.0. The summed E-state index contributed by atoms with van der Waals surface area (Å²) >= 11 is 0. The van der Waals surface area contributed by atoms with Gasteiger partial charge in [0, 0.05) is 6.42 Å². The lowest BCUT2D eigenvalue weighted by molar-refractivity contribution is -0.109. The number of hydrogen-bond donors (Lipinski definition) is 4. The van der Waals surface area contributed by atoms with Gasteiger partial charge in [0.05, 0.1) is 12.2 Å². The highest BCUT2D eigenvalue weighted by Crippen LogP contribution is 2.59. The van der Waals surface area contributed by atoms with Crippen LogP contribution in [0.25, 0.3) is 0 Å². The summed E-state index contributed by atoms with van der Waals surface area (Å²) < 4.78 is 11.1. The van der Waals surface area contributed by atoms with E-state index in [2.05, 4.69) is 19.6 Å². The van der Waals surface area contributed by atoms with Crippen LogP contribution in [0.4, 0.5) is 0 Å². The van der Waals surface area contributed by atoms with Gasteiger partial charge >= 0.3 is 7.60 Å². The Balaban J connectivity index is 1.78. The summed E-state index contributed by atoms with van der Waals surface area (Å²) in [4.78, 5) is 29.6. The number of allylic oxidation sites excluding steroid dienone is 5. The minimum atomic E-state index is -4.72. The van der Waals surface area contributed by atoms with Crippen molar-refractivity contribution in [1.82, 2.24) is 0 Å². The predicted molar refractivity (Wildman–Crippen MR) is 120 cm³/mol. The van der Waals surface area contributed by atoms with Gasteiger partial charge in [-0.1, -0.05) is 44.2 Å². The first-order chi connectivity index (χ1) is 14.4. The molecule has 0 aliphatic heterocycles. The number of carbonyl (C=O) groups excluding carboxylic acids is 1. The van der Waals surface area contributed by atoms with Gasteiger partial charge < -0.3 is 20.0 Å². The third-order valence-corrected chi connectivity index (χ3v) is 8.49. The number of fused-ring (bicyclic) bond motifs is 1. The van der Waals surface area contributed by atoms with E-state index in [0.717, 1.165) is 43.8 Å². The second-order valence-electron chi connectivity index (χ2n) is 9.76. The average Bonchev–Trinajstić information content (AvgIpc) is 3.04. The van der Waals surface area contributed by atoms with Crippen LogP contribution in [-0.2, 0) is 9.36 Å². The molecule has 0 radical (unpaired) electrons. The van der Waals surface area contributed by atoms with Crippen molar-refractivity contribution in [2.24, 2.45) is 23.2 Å². The Bertz CT molecular complexity index is 865. The molecule has 6 nitrogen and oxygen atoms in total. The molecule has 3 fully saturated rings. The van der Waals surface area contributed by atoms with Gasteiger partial charge in [-0.3, -0.25) is 9.36 Å². The van der Waals surface area contributed by atoms with E-state index in [1.165, 1.54) is 5.57 Å². The fourth-order valence-electron chi connectivity index (χ4n) is 6.07. The van der Waals surface area contributed by atoms with Gasteiger partial charge in [-0.15, -0.1) is 0 Å². The Morgan fingerprint density at radius 2 is 1.97 bits per heavy atom. The maximum atomic E-state index is 11.6. The van der Waals surface area contributed by atoms with Crippen molar-refractivity contribution in [2.75, 3.05) is 0 Å². The van der Waals surface area contributed by atoms with Crippen LogP contribution in [0.1, 0.15) is 58.8 Å². The topological polar surface area (TPSA) is 115 Å². The molecule has 3 rings (SSSR count). The summed E-state index contributed by atoms with van der Waals surface area (Å²) in [6.45, 7) is 8.32. The van der Waals surface area contributed by atoms with Crippen molar-refractivity contribution in [1.29, 1.82) is 0 Å². The molecule has 6 atom stereocenters. The van der Waals surface area contributed by atoms with Crippen molar-refractivity contribution >= 4 is 13.1 Å². The van der Waals surface area contributed by atoms with Crippen molar-refractivity contribution in [3.05, 3.63) is 47.6 Å². The molecule has 0 aromatic rings. The zero-order valence-corrected chi connectivity index (χ0v) is 19.3. The van der Waals surface area contributed by atoms with Crippen LogP contribution >= 0.6 is 7.60 Å². The Morgan fingerprint density at radius 1 is 1.26 bits per heavy atom. The van der Waals surface area contributed by atoms with Crippen LogP contribution in [-0.4, -0.2) is 37.7 Å². The summed E-state index contributed by atoms with van der Waals surface area (Å²) in [5.74, 6) is 0.803. The average molecular weight is 451 g/mol. The second kappa shape index (κ2) is 9.29. The Labute approximate surface area is 184 Å². The molecule has 3 aliphatic carbocycles. The number of rotatable bonds is 5. The number of aliphatic hydroxyl groups excluding tert-OH is 2. The van der Waals surface area contributed by atoms with Crippen molar-refractivity contribution in [2.45, 2.75) is 71.0 Å². The van der Waals surface area contributed by atoms with Crippen LogP contribution in [0.3, 0.4) is 0 Å². The van der Waals surface area contributed by atoms with Gasteiger partial charge in [0.15, 0.2) is 0 Å². The maximum Gasteiger partial charge on any atom is 0.395 e. The first-order valence-corrected chi connectivity index (χ1v) is 12.8. The number of aliphatic hydroxyl groups is 2. The monoisotopic (exact) mass is 450 g/mol. The molecular weight excluding hydrogens is 415 g/mol. The largest absolute Gasteiger partial charge is 0.395 e. The van der Waals surface area contributed by atoms with Crippen molar-refractivity contribution < 1.29 is 29.4 Å². The molecule has 31 heavy (non-hydrogen) atoms. The normalized spacial score (nSPS) is 38.1. The van der Waals surface area contributed by atoms with E-state index >= 15 is 0 Å².